The molecule has 11 heteroatoms. The Morgan fingerprint density at radius 3 is 2.62 bits per heavy atom. The summed E-state index contributed by atoms with van der Waals surface area (Å²) in [6, 6.07) is 5.79. The normalized spacial score (nSPS) is 17.2. The van der Waals surface area contributed by atoms with Crippen LogP contribution in [-0.4, -0.2) is 68.3 Å². The third-order valence-corrected chi connectivity index (χ3v) is 7.89. The SMILES string of the molecule is COc1cc(N2CCC3(CCN(C(=O)c4cn5nc[nH]c(=O)c5c4C)CC3)C2=O)ccc1-c1cn[nH]c1. The summed E-state index contributed by atoms with van der Waals surface area (Å²) in [6.07, 6.45) is 8.40. The van der Waals surface area contributed by atoms with E-state index in [0.717, 1.165) is 23.2 Å². The van der Waals surface area contributed by atoms with Crippen molar-refractivity contribution in [3.05, 3.63) is 64.6 Å². The van der Waals surface area contributed by atoms with Crippen LogP contribution in [-0.2, 0) is 4.79 Å². The van der Waals surface area contributed by atoms with Gasteiger partial charge in [0.1, 0.15) is 17.6 Å². The summed E-state index contributed by atoms with van der Waals surface area (Å²) in [4.78, 5) is 45.4. The van der Waals surface area contributed by atoms with Crippen molar-refractivity contribution in [3.8, 4) is 16.9 Å². The van der Waals surface area contributed by atoms with Crippen molar-refractivity contribution in [2.75, 3.05) is 31.6 Å². The van der Waals surface area contributed by atoms with Gasteiger partial charge in [-0.3, -0.25) is 19.5 Å². The standard InChI is InChI=1S/C26H27N7O4/c1-16-20(14-33-22(16)23(34)27-15-30-33)24(35)31-8-5-26(6-9-31)7-10-32(25(26)36)18-3-4-19(21(11-18)37-2)17-12-28-29-13-17/h3-4,11-15H,5-10H2,1-2H3,(H,28,29)(H,27,30,34). The van der Waals surface area contributed by atoms with Crippen molar-refractivity contribution in [3.63, 3.8) is 0 Å². The van der Waals surface area contributed by atoms with Gasteiger partial charge in [0.15, 0.2) is 0 Å². The van der Waals surface area contributed by atoms with E-state index >= 15 is 0 Å². The van der Waals surface area contributed by atoms with E-state index in [9.17, 15) is 14.4 Å². The number of benzene rings is 1. The summed E-state index contributed by atoms with van der Waals surface area (Å²) >= 11 is 0. The number of nitrogens with zero attached hydrogens (tertiary/aromatic N) is 5. The lowest BCUT2D eigenvalue weighted by molar-refractivity contribution is -0.127. The smallest absolute Gasteiger partial charge is 0.275 e. The van der Waals surface area contributed by atoms with E-state index in [1.165, 1.54) is 10.8 Å². The average Bonchev–Trinajstić information content (AvgIpc) is 3.64. The molecule has 6 rings (SSSR count). The largest absolute Gasteiger partial charge is 0.496 e. The first-order valence-electron chi connectivity index (χ1n) is 12.3. The summed E-state index contributed by atoms with van der Waals surface area (Å²) in [5, 5.41) is 10.9. The van der Waals surface area contributed by atoms with Crippen LogP contribution in [0.4, 0.5) is 5.69 Å². The van der Waals surface area contributed by atoms with Gasteiger partial charge >= 0.3 is 0 Å². The molecule has 0 atom stereocenters. The fourth-order valence-corrected chi connectivity index (χ4v) is 5.71. The number of nitrogens with one attached hydrogen (secondary N) is 2. The number of aryl methyl sites for hydroxylation is 1. The van der Waals surface area contributed by atoms with Crippen LogP contribution in [0, 0.1) is 12.3 Å². The van der Waals surface area contributed by atoms with Crippen LogP contribution in [0.25, 0.3) is 16.6 Å². The maximum absolute atomic E-state index is 13.7. The van der Waals surface area contributed by atoms with E-state index in [1.807, 2.05) is 23.1 Å². The summed E-state index contributed by atoms with van der Waals surface area (Å²) in [6.45, 7) is 3.35. The topological polar surface area (TPSA) is 129 Å². The average molecular weight is 502 g/mol. The molecule has 3 aromatic heterocycles. The molecule has 37 heavy (non-hydrogen) atoms. The second kappa shape index (κ2) is 8.61. The second-order valence-electron chi connectivity index (χ2n) is 9.73. The minimum atomic E-state index is -0.480. The highest BCUT2D eigenvalue weighted by Gasteiger charge is 2.49. The maximum Gasteiger partial charge on any atom is 0.275 e. The van der Waals surface area contributed by atoms with Gasteiger partial charge < -0.3 is 19.5 Å². The van der Waals surface area contributed by atoms with Crippen LogP contribution in [0.5, 0.6) is 5.75 Å². The van der Waals surface area contributed by atoms with E-state index in [2.05, 4.69) is 20.3 Å². The monoisotopic (exact) mass is 501 g/mol. The van der Waals surface area contributed by atoms with Gasteiger partial charge in [0.05, 0.1) is 24.3 Å². The molecule has 1 aromatic carbocycles. The van der Waals surface area contributed by atoms with Crippen LogP contribution in [0.2, 0.25) is 0 Å². The fourth-order valence-electron chi connectivity index (χ4n) is 5.71. The number of ether oxygens (including phenoxy) is 1. The molecule has 0 aliphatic carbocycles. The van der Waals surface area contributed by atoms with Gasteiger partial charge in [0.2, 0.25) is 5.91 Å². The van der Waals surface area contributed by atoms with Crippen molar-refractivity contribution < 1.29 is 14.3 Å². The summed E-state index contributed by atoms with van der Waals surface area (Å²) in [5.74, 6) is 0.634. The number of anilines is 1. The molecule has 2 saturated heterocycles. The van der Waals surface area contributed by atoms with E-state index in [-0.39, 0.29) is 17.4 Å². The second-order valence-corrected chi connectivity index (χ2v) is 9.73. The third-order valence-electron chi connectivity index (χ3n) is 7.89. The summed E-state index contributed by atoms with van der Waals surface area (Å²) in [5.41, 5.74) is 3.30. The Bertz CT molecular complexity index is 1560. The molecule has 0 saturated carbocycles. The predicted molar refractivity (Wildman–Crippen MR) is 136 cm³/mol. The number of hydrogen-bond donors (Lipinski definition) is 2. The first kappa shape index (κ1) is 23.0. The highest BCUT2D eigenvalue weighted by atomic mass is 16.5. The third kappa shape index (κ3) is 3.61. The number of piperidine rings is 1. The molecule has 11 nitrogen and oxygen atoms in total. The van der Waals surface area contributed by atoms with Gasteiger partial charge in [-0.05, 0) is 43.9 Å². The number of H-pyrrole nitrogens is 2. The van der Waals surface area contributed by atoms with Crippen LogP contribution in [0.15, 0.2) is 47.9 Å². The van der Waals surface area contributed by atoms with Crippen molar-refractivity contribution in [1.82, 2.24) is 29.7 Å². The van der Waals surface area contributed by atoms with Crippen molar-refractivity contribution in [2.45, 2.75) is 26.2 Å². The number of likely N-dealkylation sites (tertiary alicyclic amines) is 1. The number of fused-ring (bicyclic) bond motifs is 1. The Morgan fingerprint density at radius 1 is 1.14 bits per heavy atom. The van der Waals surface area contributed by atoms with Crippen LogP contribution in [0.1, 0.15) is 35.2 Å². The zero-order valence-corrected chi connectivity index (χ0v) is 20.7. The maximum atomic E-state index is 13.7. The molecule has 5 heterocycles. The van der Waals surface area contributed by atoms with Crippen LogP contribution in [0.3, 0.4) is 0 Å². The van der Waals surface area contributed by atoms with E-state index < -0.39 is 5.41 Å². The lowest BCUT2D eigenvalue weighted by atomic mass is 9.77. The quantitative estimate of drug-likeness (QED) is 0.442. The molecular weight excluding hydrogens is 474 g/mol. The highest BCUT2D eigenvalue weighted by molar-refractivity contribution is 6.01. The Balaban J connectivity index is 1.19. The van der Waals surface area contributed by atoms with Gasteiger partial charge in [-0.1, -0.05) is 0 Å². The van der Waals surface area contributed by atoms with E-state index in [0.29, 0.717) is 54.9 Å². The van der Waals surface area contributed by atoms with Gasteiger partial charge in [-0.25, -0.2) is 4.52 Å². The Kier molecular flexibility index (Phi) is 5.36. The molecule has 2 aliphatic rings. The molecule has 1 spiro atoms. The number of amides is 2. The zero-order valence-electron chi connectivity index (χ0n) is 20.7. The molecule has 0 unspecified atom stereocenters. The Hall–Kier alpha value is -4.41. The van der Waals surface area contributed by atoms with Crippen molar-refractivity contribution >= 4 is 23.0 Å². The van der Waals surface area contributed by atoms with Crippen LogP contribution >= 0.6 is 0 Å². The van der Waals surface area contributed by atoms with Crippen molar-refractivity contribution in [1.29, 1.82) is 0 Å². The number of carbonyl (C=O) groups excluding carboxylic acids is 2. The molecule has 0 bridgehead atoms. The molecular formula is C26H27N7O4. The molecule has 190 valence electrons. The molecule has 2 amide bonds. The lowest BCUT2D eigenvalue weighted by Crippen LogP contribution is -2.46. The predicted octanol–water partition coefficient (Wildman–Crippen LogP) is 2.39. The molecule has 2 N–H and O–H groups in total. The summed E-state index contributed by atoms with van der Waals surface area (Å²) in [7, 11) is 1.62. The lowest BCUT2D eigenvalue weighted by Gasteiger charge is -2.38. The highest BCUT2D eigenvalue weighted by Crippen LogP contribution is 2.44. The number of hydrogen-bond acceptors (Lipinski definition) is 6. The molecule has 4 aromatic rings. The number of aromatic nitrogens is 5. The van der Waals surface area contributed by atoms with Gasteiger partial charge in [0, 0.05) is 54.9 Å². The fraction of sp³-hybridized carbons (Fsp3) is 0.346. The van der Waals surface area contributed by atoms with E-state index in [1.54, 1.807) is 37.5 Å². The molecule has 0 radical (unpaired) electrons. The van der Waals surface area contributed by atoms with Gasteiger partial charge in [0.25, 0.3) is 11.5 Å². The first-order chi connectivity index (χ1) is 17.9. The number of rotatable bonds is 4. The van der Waals surface area contributed by atoms with Crippen molar-refractivity contribution in [2.24, 2.45) is 5.41 Å². The minimum absolute atomic E-state index is 0.0965. The van der Waals surface area contributed by atoms with Gasteiger partial charge in [-0.15, -0.1) is 0 Å². The zero-order chi connectivity index (χ0) is 25.7. The minimum Gasteiger partial charge on any atom is -0.496 e. The number of methoxy groups -OCH3 is 1. The first-order valence-corrected chi connectivity index (χ1v) is 12.3. The van der Waals surface area contributed by atoms with E-state index in [4.69, 9.17) is 4.74 Å². The number of aromatic amines is 2. The van der Waals surface area contributed by atoms with Crippen LogP contribution < -0.4 is 15.2 Å². The molecule has 2 aliphatic heterocycles. The summed E-state index contributed by atoms with van der Waals surface area (Å²) < 4.78 is 7.05. The molecule has 2 fully saturated rings. The Morgan fingerprint density at radius 2 is 1.92 bits per heavy atom. The Labute approximate surface area is 212 Å². The number of carbonyl (C=O) groups is 2. The van der Waals surface area contributed by atoms with Gasteiger partial charge in [-0.2, -0.15) is 10.2 Å².